The molecule has 14 heavy (non-hydrogen) atoms. The summed E-state index contributed by atoms with van der Waals surface area (Å²) < 4.78 is 0. The van der Waals surface area contributed by atoms with E-state index in [0.29, 0.717) is 0 Å². The molecule has 0 aliphatic carbocycles. The fourth-order valence-electron chi connectivity index (χ4n) is 1.55. The van der Waals surface area contributed by atoms with E-state index in [9.17, 15) is 0 Å². The zero-order valence-electron chi connectivity index (χ0n) is 9.42. The number of hydrogen-bond acceptors (Lipinski definition) is 2. The van der Waals surface area contributed by atoms with Crippen molar-refractivity contribution in [2.45, 2.75) is 27.2 Å². The van der Waals surface area contributed by atoms with Crippen molar-refractivity contribution in [1.29, 1.82) is 0 Å². The van der Waals surface area contributed by atoms with Crippen LogP contribution in [0.5, 0.6) is 0 Å². The van der Waals surface area contributed by atoms with Crippen LogP contribution in [-0.2, 0) is 6.42 Å². The van der Waals surface area contributed by atoms with Gasteiger partial charge in [0.15, 0.2) is 0 Å². The van der Waals surface area contributed by atoms with Crippen molar-refractivity contribution in [3.05, 3.63) is 22.4 Å². The molecule has 0 fully saturated rings. The van der Waals surface area contributed by atoms with E-state index in [-0.39, 0.29) is 0 Å². The van der Waals surface area contributed by atoms with Gasteiger partial charge in [-0.15, -0.1) is 0 Å². The van der Waals surface area contributed by atoms with E-state index >= 15 is 0 Å². The molecular formula is C12H21NS. The molecule has 0 aliphatic heterocycles. The van der Waals surface area contributed by atoms with Gasteiger partial charge in [-0.3, -0.25) is 0 Å². The van der Waals surface area contributed by atoms with Gasteiger partial charge in [0.2, 0.25) is 0 Å². The van der Waals surface area contributed by atoms with Crippen molar-refractivity contribution in [3.8, 4) is 0 Å². The quantitative estimate of drug-likeness (QED) is 0.762. The van der Waals surface area contributed by atoms with Crippen LogP contribution < -0.4 is 5.32 Å². The highest BCUT2D eigenvalue weighted by Crippen LogP contribution is 2.18. The minimum atomic E-state index is 0.759. The second kappa shape index (κ2) is 6.20. The van der Waals surface area contributed by atoms with E-state index in [4.69, 9.17) is 0 Å². The Kier molecular flexibility index (Phi) is 5.20. The smallest absolute Gasteiger partial charge is 0.00206 e. The summed E-state index contributed by atoms with van der Waals surface area (Å²) in [5.41, 5.74) is 1.49. The first-order valence-electron chi connectivity index (χ1n) is 5.45. The Morgan fingerprint density at radius 1 is 1.36 bits per heavy atom. The summed E-state index contributed by atoms with van der Waals surface area (Å²) in [5, 5.41) is 7.84. The second-order valence-electron chi connectivity index (χ2n) is 4.10. The van der Waals surface area contributed by atoms with E-state index in [2.05, 4.69) is 42.9 Å². The highest BCUT2D eigenvalue weighted by molar-refractivity contribution is 7.07. The first kappa shape index (κ1) is 11.7. The lowest BCUT2D eigenvalue weighted by atomic mass is 9.90. The molecule has 0 bridgehead atoms. The molecule has 1 nitrogen and oxygen atoms in total. The number of rotatable bonds is 6. The molecule has 2 atom stereocenters. The topological polar surface area (TPSA) is 12.0 Å². The largest absolute Gasteiger partial charge is 0.317 e. The lowest BCUT2D eigenvalue weighted by Crippen LogP contribution is -2.25. The van der Waals surface area contributed by atoms with Crippen molar-refractivity contribution in [2.24, 2.45) is 11.8 Å². The third-order valence-electron chi connectivity index (χ3n) is 2.83. The molecule has 0 saturated carbocycles. The molecule has 1 rings (SSSR count). The molecule has 0 radical (unpaired) electrons. The van der Waals surface area contributed by atoms with Gasteiger partial charge in [0.05, 0.1) is 0 Å². The SMILES string of the molecule is CCNCC(C)C(C)Cc1ccsc1. The van der Waals surface area contributed by atoms with Gasteiger partial charge >= 0.3 is 0 Å². The van der Waals surface area contributed by atoms with Crippen molar-refractivity contribution in [3.63, 3.8) is 0 Å². The predicted molar refractivity (Wildman–Crippen MR) is 64.9 cm³/mol. The minimum Gasteiger partial charge on any atom is -0.317 e. The van der Waals surface area contributed by atoms with Gasteiger partial charge in [0.1, 0.15) is 0 Å². The summed E-state index contributed by atoms with van der Waals surface area (Å²) in [5.74, 6) is 1.53. The Bertz CT molecular complexity index is 230. The third kappa shape index (κ3) is 3.81. The second-order valence-corrected chi connectivity index (χ2v) is 4.88. The molecule has 1 aromatic rings. The van der Waals surface area contributed by atoms with E-state index < -0.39 is 0 Å². The van der Waals surface area contributed by atoms with Crippen LogP contribution >= 0.6 is 11.3 Å². The molecule has 0 saturated heterocycles. The third-order valence-corrected chi connectivity index (χ3v) is 3.56. The normalized spacial score (nSPS) is 15.4. The van der Waals surface area contributed by atoms with Crippen molar-refractivity contribution >= 4 is 11.3 Å². The maximum atomic E-state index is 3.41. The van der Waals surface area contributed by atoms with Crippen LogP contribution in [0.15, 0.2) is 16.8 Å². The van der Waals surface area contributed by atoms with Crippen LogP contribution in [0.2, 0.25) is 0 Å². The maximum absolute atomic E-state index is 3.41. The zero-order chi connectivity index (χ0) is 10.4. The highest BCUT2D eigenvalue weighted by Gasteiger charge is 2.12. The summed E-state index contributed by atoms with van der Waals surface area (Å²) in [4.78, 5) is 0. The van der Waals surface area contributed by atoms with Gasteiger partial charge in [-0.2, -0.15) is 11.3 Å². The molecule has 1 aromatic heterocycles. The van der Waals surface area contributed by atoms with E-state index in [1.807, 2.05) is 0 Å². The van der Waals surface area contributed by atoms with Crippen molar-refractivity contribution in [2.75, 3.05) is 13.1 Å². The number of thiophene rings is 1. The van der Waals surface area contributed by atoms with Crippen LogP contribution in [-0.4, -0.2) is 13.1 Å². The Balaban J connectivity index is 2.30. The Morgan fingerprint density at radius 2 is 2.14 bits per heavy atom. The monoisotopic (exact) mass is 211 g/mol. The van der Waals surface area contributed by atoms with Crippen molar-refractivity contribution < 1.29 is 0 Å². The summed E-state index contributed by atoms with van der Waals surface area (Å²) in [7, 11) is 0. The fraction of sp³-hybridized carbons (Fsp3) is 0.667. The van der Waals surface area contributed by atoms with E-state index in [0.717, 1.165) is 24.9 Å². The summed E-state index contributed by atoms with van der Waals surface area (Å²) in [6.07, 6.45) is 1.22. The molecule has 2 unspecified atom stereocenters. The molecule has 0 aliphatic rings. The van der Waals surface area contributed by atoms with E-state index in [1.165, 1.54) is 12.0 Å². The zero-order valence-corrected chi connectivity index (χ0v) is 10.2. The van der Waals surface area contributed by atoms with Crippen LogP contribution in [0.3, 0.4) is 0 Å². The van der Waals surface area contributed by atoms with Crippen LogP contribution in [0.4, 0.5) is 0 Å². The highest BCUT2D eigenvalue weighted by atomic mass is 32.1. The average molecular weight is 211 g/mol. The molecule has 0 amide bonds. The predicted octanol–water partition coefficient (Wildman–Crippen LogP) is 3.17. The van der Waals surface area contributed by atoms with Gasteiger partial charge in [0.25, 0.3) is 0 Å². The molecule has 0 spiro atoms. The standard InChI is InChI=1S/C12H21NS/c1-4-13-8-11(3)10(2)7-12-5-6-14-9-12/h5-6,9-11,13H,4,7-8H2,1-3H3. The van der Waals surface area contributed by atoms with Gasteiger partial charge in [-0.25, -0.2) is 0 Å². The fourth-order valence-corrected chi connectivity index (χ4v) is 2.24. The summed E-state index contributed by atoms with van der Waals surface area (Å²) in [6.45, 7) is 9.06. The molecule has 80 valence electrons. The van der Waals surface area contributed by atoms with Gasteiger partial charge in [-0.1, -0.05) is 20.8 Å². The molecular weight excluding hydrogens is 190 g/mol. The summed E-state index contributed by atoms with van der Waals surface area (Å²) in [6, 6.07) is 2.24. The first-order valence-corrected chi connectivity index (χ1v) is 6.40. The van der Waals surface area contributed by atoms with Gasteiger partial charge in [-0.05, 0) is 53.7 Å². The van der Waals surface area contributed by atoms with Crippen LogP contribution in [0, 0.1) is 11.8 Å². The van der Waals surface area contributed by atoms with Crippen molar-refractivity contribution in [1.82, 2.24) is 5.32 Å². The van der Waals surface area contributed by atoms with E-state index in [1.54, 1.807) is 11.3 Å². The first-order chi connectivity index (χ1) is 6.74. The van der Waals surface area contributed by atoms with Gasteiger partial charge in [0, 0.05) is 0 Å². The number of hydrogen-bond donors (Lipinski definition) is 1. The summed E-state index contributed by atoms with van der Waals surface area (Å²) >= 11 is 1.80. The van der Waals surface area contributed by atoms with Crippen LogP contribution in [0.25, 0.3) is 0 Å². The molecule has 0 aromatic carbocycles. The van der Waals surface area contributed by atoms with Gasteiger partial charge < -0.3 is 5.32 Å². The Labute approximate surface area is 91.5 Å². The average Bonchev–Trinajstić information content (AvgIpc) is 2.66. The molecule has 1 heterocycles. The lowest BCUT2D eigenvalue weighted by molar-refractivity contribution is 0.368. The maximum Gasteiger partial charge on any atom is -0.00206 e. The Hall–Kier alpha value is -0.340. The molecule has 2 heteroatoms. The van der Waals surface area contributed by atoms with Crippen LogP contribution in [0.1, 0.15) is 26.3 Å². The molecule has 1 N–H and O–H groups in total. The lowest BCUT2D eigenvalue weighted by Gasteiger charge is -2.19. The minimum absolute atomic E-state index is 0.759. The number of nitrogens with one attached hydrogen (secondary N) is 1. The Morgan fingerprint density at radius 3 is 2.71 bits per heavy atom.